The Morgan fingerprint density at radius 1 is 1.13 bits per heavy atom. The Morgan fingerprint density at radius 2 is 1.74 bits per heavy atom. The van der Waals surface area contributed by atoms with Crippen molar-refractivity contribution >= 4 is 21.7 Å². The third kappa shape index (κ3) is 4.08. The van der Waals surface area contributed by atoms with Gasteiger partial charge in [-0.05, 0) is 41.8 Å². The number of nitrogen functional groups attached to an aromatic ring is 1. The van der Waals surface area contributed by atoms with Crippen LogP contribution in [-0.4, -0.2) is 28.0 Å². The van der Waals surface area contributed by atoms with Gasteiger partial charge in [-0.15, -0.1) is 0 Å². The molecule has 122 valence electrons. The Morgan fingerprint density at radius 3 is 2.30 bits per heavy atom. The van der Waals surface area contributed by atoms with Gasteiger partial charge in [0.25, 0.3) is 0 Å². The molecule has 0 aliphatic heterocycles. The maximum absolute atomic E-state index is 12.1. The molecule has 6 nitrogen and oxygen atoms in total. The van der Waals surface area contributed by atoms with Crippen LogP contribution in [0.2, 0.25) is 0 Å². The van der Waals surface area contributed by atoms with Crippen LogP contribution < -0.4 is 10.5 Å². The van der Waals surface area contributed by atoms with Crippen LogP contribution in [0, 0.1) is 6.92 Å². The molecule has 0 heterocycles. The molecule has 0 atom stereocenters. The van der Waals surface area contributed by atoms with E-state index in [9.17, 15) is 13.2 Å². The van der Waals surface area contributed by atoms with Crippen molar-refractivity contribution in [3.8, 4) is 11.1 Å². The first kappa shape index (κ1) is 17.0. The smallest absolute Gasteiger partial charge is 0.320 e. The molecule has 0 aromatic heterocycles. The zero-order valence-electron chi connectivity index (χ0n) is 12.9. The molecule has 2 aromatic rings. The average molecular weight is 334 g/mol. The average Bonchev–Trinajstić information content (AvgIpc) is 2.55. The van der Waals surface area contributed by atoms with Crippen LogP contribution in [0.25, 0.3) is 11.1 Å². The molecule has 7 heteroatoms. The molecule has 0 spiro atoms. The summed E-state index contributed by atoms with van der Waals surface area (Å²) in [7, 11) is -2.56. The summed E-state index contributed by atoms with van der Waals surface area (Å²) in [6.07, 6.45) is 0. The van der Waals surface area contributed by atoms with Gasteiger partial charge in [-0.25, -0.2) is 8.42 Å². The van der Waals surface area contributed by atoms with E-state index in [1.807, 2.05) is 25.1 Å². The van der Waals surface area contributed by atoms with Gasteiger partial charge >= 0.3 is 5.97 Å². The summed E-state index contributed by atoms with van der Waals surface area (Å²) in [6.45, 7) is 1.51. The fourth-order valence-corrected chi connectivity index (χ4v) is 2.92. The largest absolute Gasteiger partial charge is 0.468 e. The fraction of sp³-hybridized carbons (Fsp3) is 0.188. The summed E-state index contributed by atoms with van der Waals surface area (Å²) in [5.41, 5.74) is 9.31. The number of rotatable bonds is 5. The Kier molecular flexibility index (Phi) is 5.02. The van der Waals surface area contributed by atoms with Crippen molar-refractivity contribution in [2.24, 2.45) is 0 Å². The van der Waals surface area contributed by atoms with Gasteiger partial charge in [0.15, 0.2) is 0 Å². The lowest BCUT2D eigenvalue weighted by Gasteiger charge is -2.08. The SMILES string of the molecule is COC(=O)CNS(=O)(=O)c1ccc(-c2ccc(C)c(N)c2)cc1. The first-order valence-corrected chi connectivity index (χ1v) is 8.35. The van der Waals surface area contributed by atoms with Crippen LogP contribution in [0.1, 0.15) is 5.56 Å². The Balaban J connectivity index is 2.21. The highest BCUT2D eigenvalue weighted by Gasteiger charge is 2.15. The lowest BCUT2D eigenvalue weighted by molar-refractivity contribution is -0.139. The number of hydrogen-bond donors (Lipinski definition) is 2. The number of aryl methyl sites for hydroxylation is 1. The number of nitrogens with one attached hydrogen (secondary N) is 1. The number of methoxy groups -OCH3 is 1. The lowest BCUT2D eigenvalue weighted by Crippen LogP contribution is -2.30. The molecule has 0 unspecified atom stereocenters. The summed E-state index contributed by atoms with van der Waals surface area (Å²) in [4.78, 5) is 11.1. The normalized spacial score (nSPS) is 11.2. The minimum Gasteiger partial charge on any atom is -0.468 e. The van der Waals surface area contributed by atoms with E-state index in [1.165, 1.54) is 19.2 Å². The van der Waals surface area contributed by atoms with Gasteiger partial charge in [-0.3, -0.25) is 4.79 Å². The molecular formula is C16H18N2O4S. The lowest BCUT2D eigenvalue weighted by atomic mass is 10.0. The van der Waals surface area contributed by atoms with E-state index >= 15 is 0 Å². The van der Waals surface area contributed by atoms with Gasteiger partial charge in [-0.2, -0.15) is 4.72 Å². The number of hydrogen-bond acceptors (Lipinski definition) is 5. The highest BCUT2D eigenvalue weighted by molar-refractivity contribution is 7.89. The van der Waals surface area contributed by atoms with E-state index in [-0.39, 0.29) is 4.90 Å². The molecular weight excluding hydrogens is 316 g/mol. The number of carbonyl (C=O) groups excluding carboxylic acids is 1. The number of anilines is 1. The van der Waals surface area contributed by atoms with Crippen LogP contribution in [0.4, 0.5) is 5.69 Å². The van der Waals surface area contributed by atoms with E-state index in [0.717, 1.165) is 16.7 Å². The van der Waals surface area contributed by atoms with Gasteiger partial charge in [0, 0.05) is 5.69 Å². The van der Waals surface area contributed by atoms with Crippen LogP contribution in [0.3, 0.4) is 0 Å². The monoisotopic (exact) mass is 334 g/mol. The van der Waals surface area contributed by atoms with E-state index in [4.69, 9.17) is 5.73 Å². The zero-order valence-corrected chi connectivity index (χ0v) is 13.7. The molecule has 0 aliphatic rings. The van der Waals surface area contributed by atoms with Crippen molar-refractivity contribution in [3.05, 3.63) is 48.0 Å². The van der Waals surface area contributed by atoms with Crippen molar-refractivity contribution in [1.82, 2.24) is 4.72 Å². The van der Waals surface area contributed by atoms with Gasteiger partial charge in [0.05, 0.1) is 12.0 Å². The van der Waals surface area contributed by atoms with Crippen LogP contribution in [0.15, 0.2) is 47.4 Å². The van der Waals surface area contributed by atoms with Crippen molar-refractivity contribution in [3.63, 3.8) is 0 Å². The standard InChI is InChI=1S/C16H18N2O4S/c1-11-3-4-13(9-15(11)17)12-5-7-14(8-6-12)23(20,21)18-10-16(19)22-2/h3-9,18H,10,17H2,1-2H3. The summed E-state index contributed by atoms with van der Waals surface area (Å²) >= 11 is 0. The second-order valence-corrected chi connectivity index (χ2v) is 6.76. The van der Waals surface area contributed by atoms with Gasteiger partial charge in [0.1, 0.15) is 6.54 Å². The van der Waals surface area contributed by atoms with E-state index in [0.29, 0.717) is 5.69 Å². The van der Waals surface area contributed by atoms with Crippen LogP contribution in [0.5, 0.6) is 0 Å². The fourth-order valence-electron chi connectivity index (χ4n) is 1.96. The molecule has 0 aliphatic carbocycles. The molecule has 23 heavy (non-hydrogen) atoms. The van der Waals surface area contributed by atoms with E-state index in [1.54, 1.807) is 12.1 Å². The van der Waals surface area contributed by atoms with E-state index < -0.39 is 22.5 Å². The molecule has 0 bridgehead atoms. The minimum absolute atomic E-state index is 0.0743. The zero-order chi connectivity index (χ0) is 17.0. The quantitative estimate of drug-likeness (QED) is 0.640. The maximum atomic E-state index is 12.1. The molecule has 0 amide bonds. The third-order valence-corrected chi connectivity index (χ3v) is 4.83. The third-order valence-electron chi connectivity index (χ3n) is 3.41. The van der Waals surface area contributed by atoms with Gasteiger partial charge < -0.3 is 10.5 Å². The second-order valence-electron chi connectivity index (χ2n) is 5.00. The highest BCUT2D eigenvalue weighted by Crippen LogP contribution is 2.24. The number of esters is 1. The van der Waals surface area contributed by atoms with Crippen LogP contribution >= 0.6 is 0 Å². The Hall–Kier alpha value is -2.38. The second kappa shape index (κ2) is 6.80. The summed E-state index contributed by atoms with van der Waals surface area (Å²) < 4.78 is 30.7. The van der Waals surface area contributed by atoms with Crippen molar-refractivity contribution in [2.75, 3.05) is 19.4 Å². The van der Waals surface area contributed by atoms with Crippen LogP contribution in [-0.2, 0) is 19.6 Å². The summed E-state index contributed by atoms with van der Waals surface area (Å²) in [5, 5.41) is 0. The first-order chi connectivity index (χ1) is 10.8. The van der Waals surface area contributed by atoms with Gasteiger partial charge in [-0.1, -0.05) is 24.3 Å². The van der Waals surface area contributed by atoms with Crippen molar-refractivity contribution in [1.29, 1.82) is 0 Å². The number of carbonyl (C=O) groups is 1. The maximum Gasteiger partial charge on any atom is 0.320 e. The molecule has 2 rings (SSSR count). The Bertz CT molecular complexity index is 814. The van der Waals surface area contributed by atoms with E-state index in [2.05, 4.69) is 9.46 Å². The Labute approximate surface area is 135 Å². The van der Waals surface area contributed by atoms with Crippen molar-refractivity contribution in [2.45, 2.75) is 11.8 Å². The predicted molar refractivity (Wildman–Crippen MR) is 88.2 cm³/mol. The number of ether oxygens (including phenoxy) is 1. The summed E-state index contributed by atoms with van der Waals surface area (Å²) in [5.74, 6) is -0.652. The van der Waals surface area contributed by atoms with Gasteiger partial charge in [0.2, 0.25) is 10.0 Å². The summed E-state index contributed by atoms with van der Waals surface area (Å²) in [6, 6.07) is 12.0. The molecule has 0 saturated heterocycles. The highest BCUT2D eigenvalue weighted by atomic mass is 32.2. The molecule has 0 saturated carbocycles. The number of sulfonamides is 1. The predicted octanol–water partition coefficient (Wildman–Crippen LogP) is 1.70. The molecule has 0 fully saturated rings. The minimum atomic E-state index is -3.75. The topological polar surface area (TPSA) is 98.5 Å². The number of benzene rings is 2. The molecule has 3 N–H and O–H groups in total. The number of nitrogens with two attached hydrogens (primary N) is 1. The van der Waals surface area contributed by atoms with Crippen molar-refractivity contribution < 1.29 is 17.9 Å². The molecule has 0 radical (unpaired) electrons. The first-order valence-electron chi connectivity index (χ1n) is 6.86. The molecule has 2 aromatic carbocycles.